The second-order valence-corrected chi connectivity index (χ2v) is 12.5. The molecule has 8 aromatic carbocycles. The minimum absolute atomic E-state index is 1.22. The van der Waals surface area contributed by atoms with Crippen LogP contribution in [0, 0.1) is 0 Å². The van der Waals surface area contributed by atoms with Crippen molar-refractivity contribution in [2.24, 2.45) is 0 Å². The Bertz CT molecular complexity index is 2770. The molecule has 0 fully saturated rings. The average Bonchev–Trinajstić information content (AvgIpc) is 3.49. The molecular formula is C46H29N. The number of para-hydroxylation sites is 1. The molecule has 218 valence electrons. The van der Waals surface area contributed by atoms with E-state index < -0.39 is 0 Å². The smallest absolute Gasteiger partial charge is 0.0626 e. The number of fused-ring (bicyclic) bond motifs is 6. The van der Waals surface area contributed by atoms with Crippen molar-refractivity contribution < 1.29 is 0 Å². The minimum Gasteiger partial charge on any atom is -0.308 e. The van der Waals surface area contributed by atoms with Crippen molar-refractivity contribution in [2.75, 3.05) is 0 Å². The molecule has 10 rings (SSSR count). The summed E-state index contributed by atoms with van der Waals surface area (Å²) in [5, 5.41) is 7.75. The molecule has 0 aliphatic heterocycles. The average molecular weight is 596 g/mol. The molecule has 0 spiro atoms. The van der Waals surface area contributed by atoms with Gasteiger partial charge in [0.1, 0.15) is 0 Å². The third kappa shape index (κ3) is 3.97. The zero-order chi connectivity index (χ0) is 30.9. The van der Waals surface area contributed by atoms with Crippen LogP contribution >= 0.6 is 0 Å². The largest absolute Gasteiger partial charge is 0.308 e. The van der Waals surface area contributed by atoms with E-state index in [4.69, 9.17) is 0 Å². The van der Waals surface area contributed by atoms with E-state index in [1.807, 2.05) is 0 Å². The van der Waals surface area contributed by atoms with E-state index in [9.17, 15) is 0 Å². The van der Waals surface area contributed by atoms with Crippen LogP contribution in [0.15, 0.2) is 176 Å². The summed E-state index contributed by atoms with van der Waals surface area (Å²) >= 11 is 0. The van der Waals surface area contributed by atoms with Crippen LogP contribution in [0.3, 0.4) is 0 Å². The number of benzene rings is 8. The first-order valence-corrected chi connectivity index (χ1v) is 16.3. The maximum atomic E-state index is 2.50. The van der Waals surface area contributed by atoms with Gasteiger partial charge in [-0.3, -0.25) is 0 Å². The molecule has 0 amide bonds. The van der Waals surface area contributed by atoms with Crippen LogP contribution in [0.5, 0.6) is 0 Å². The van der Waals surface area contributed by atoms with Gasteiger partial charge in [-0.2, -0.15) is 0 Å². The summed E-state index contributed by atoms with van der Waals surface area (Å²) in [5.74, 6) is 0. The lowest BCUT2D eigenvalue weighted by Crippen LogP contribution is -1.93. The predicted molar refractivity (Wildman–Crippen MR) is 200 cm³/mol. The maximum absolute atomic E-state index is 2.50. The highest BCUT2D eigenvalue weighted by molar-refractivity contribution is 6.31. The summed E-state index contributed by atoms with van der Waals surface area (Å²) in [6.45, 7) is 0. The van der Waals surface area contributed by atoms with Gasteiger partial charge in [-0.15, -0.1) is 0 Å². The molecular weight excluding hydrogens is 567 g/mol. The van der Waals surface area contributed by atoms with Crippen molar-refractivity contribution in [2.45, 2.75) is 0 Å². The molecule has 0 aliphatic rings. The fourth-order valence-electron chi connectivity index (χ4n) is 7.76. The zero-order valence-electron chi connectivity index (χ0n) is 25.7. The van der Waals surface area contributed by atoms with Crippen LogP contribution in [-0.4, -0.2) is 4.40 Å². The maximum Gasteiger partial charge on any atom is 0.0626 e. The SMILES string of the molecule is c1ccc(-c2cccc(-c3ccc4c(c3)c3cc(-c5cccc(-c6ccccc6)c5)c5cccc6c7ccccc7n4c3c56)c2)cc1. The van der Waals surface area contributed by atoms with E-state index in [1.54, 1.807) is 0 Å². The van der Waals surface area contributed by atoms with Gasteiger partial charge < -0.3 is 4.40 Å². The topological polar surface area (TPSA) is 4.41 Å². The van der Waals surface area contributed by atoms with Crippen molar-refractivity contribution in [3.63, 3.8) is 0 Å². The van der Waals surface area contributed by atoms with Crippen molar-refractivity contribution in [1.82, 2.24) is 4.40 Å². The fraction of sp³-hybridized carbons (Fsp3) is 0. The third-order valence-electron chi connectivity index (χ3n) is 9.91. The number of aromatic nitrogens is 1. The third-order valence-corrected chi connectivity index (χ3v) is 9.91. The molecule has 0 saturated heterocycles. The zero-order valence-corrected chi connectivity index (χ0v) is 25.7. The quantitative estimate of drug-likeness (QED) is 0.141. The van der Waals surface area contributed by atoms with Gasteiger partial charge in [0, 0.05) is 21.5 Å². The van der Waals surface area contributed by atoms with Crippen molar-refractivity contribution >= 4 is 48.9 Å². The molecule has 0 aliphatic carbocycles. The number of nitrogens with zero attached hydrogens (tertiary/aromatic N) is 1. The van der Waals surface area contributed by atoms with Crippen LogP contribution in [0.25, 0.3) is 93.4 Å². The van der Waals surface area contributed by atoms with Gasteiger partial charge in [-0.1, -0.05) is 140 Å². The van der Waals surface area contributed by atoms with Gasteiger partial charge in [0.25, 0.3) is 0 Å². The molecule has 10 aromatic rings. The summed E-state index contributed by atoms with van der Waals surface area (Å²) < 4.78 is 2.50. The molecule has 47 heavy (non-hydrogen) atoms. The van der Waals surface area contributed by atoms with Gasteiger partial charge >= 0.3 is 0 Å². The summed E-state index contributed by atoms with van der Waals surface area (Å²) in [6.07, 6.45) is 0. The number of hydrogen-bond acceptors (Lipinski definition) is 0. The molecule has 2 heterocycles. The minimum atomic E-state index is 1.22. The van der Waals surface area contributed by atoms with E-state index >= 15 is 0 Å². The monoisotopic (exact) mass is 595 g/mol. The van der Waals surface area contributed by atoms with Crippen LogP contribution in [0.1, 0.15) is 0 Å². The Morgan fingerprint density at radius 2 is 0.787 bits per heavy atom. The van der Waals surface area contributed by atoms with E-state index in [2.05, 4.69) is 180 Å². The summed E-state index contributed by atoms with van der Waals surface area (Å²) in [6, 6.07) is 64.4. The first-order valence-electron chi connectivity index (χ1n) is 16.3. The molecule has 0 radical (unpaired) electrons. The van der Waals surface area contributed by atoms with Crippen molar-refractivity contribution in [3.05, 3.63) is 176 Å². The Morgan fingerprint density at radius 1 is 0.277 bits per heavy atom. The molecule has 2 aromatic heterocycles. The Balaban J connectivity index is 1.29. The van der Waals surface area contributed by atoms with Crippen LogP contribution in [0.4, 0.5) is 0 Å². The molecule has 0 N–H and O–H groups in total. The second-order valence-electron chi connectivity index (χ2n) is 12.5. The van der Waals surface area contributed by atoms with E-state index in [0.29, 0.717) is 0 Å². The van der Waals surface area contributed by atoms with Gasteiger partial charge in [0.15, 0.2) is 0 Å². The van der Waals surface area contributed by atoms with Crippen molar-refractivity contribution in [1.29, 1.82) is 0 Å². The molecule has 1 heteroatoms. The highest BCUT2D eigenvalue weighted by Gasteiger charge is 2.21. The first-order chi connectivity index (χ1) is 23.3. The molecule has 0 saturated carbocycles. The summed E-state index contributed by atoms with van der Waals surface area (Å²) in [7, 11) is 0. The molecule has 0 bridgehead atoms. The highest BCUT2D eigenvalue weighted by Crippen LogP contribution is 2.46. The second kappa shape index (κ2) is 10.2. The lowest BCUT2D eigenvalue weighted by atomic mass is 9.90. The Morgan fingerprint density at radius 3 is 1.53 bits per heavy atom. The lowest BCUT2D eigenvalue weighted by Gasteiger charge is -2.16. The van der Waals surface area contributed by atoms with Crippen LogP contribution in [-0.2, 0) is 0 Å². The number of pyridine rings is 1. The highest BCUT2D eigenvalue weighted by atomic mass is 14.9. The van der Waals surface area contributed by atoms with Gasteiger partial charge in [0.05, 0.1) is 16.6 Å². The predicted octanol–water partition coefficient (Wildman–Crippen LogP) is 12.7. The molecule has 0 unspecified atom stereocenters. The standard InChI is InChI=1S/C46H29N/c1-3-12-30(13-4-1)32-16-9-18-34(26-32)35-24-25-44-41(28-35)42-29-40(36-19-10-17-33(27-36)31-14-5-2-6-15-31)39-22-11-21-38-37-20-7-8-23-43(37)47(44)46(42)45(38)39/h1-29H. The van der Waals surface area contributed by atoms with Crippen LogP contribution < -0.4 is 0 Å². The van der Waals surface area contributed by atoms with Crippen LogP contribution in [0.2, 0.25) is 0 Å². The van der Waals surface area contributed by atoms with E-state index in [-0.39, 0.29) is 0 Å². The van der Waals surface area contributed by atoms with Crippen molar-refractivity contribution in [3.8, 4) is 44.5 Å². The van der Waals surface area contributed by atoms with Gasteiger partial charge in [-0.25, -0.2) is 0 Å². The molecule has 1 nitrogen and oxygen atoms in total. The Kier molecular flexibility index (Phi) is 5.64. The number of hydrogen-bond donors (Lipinski definition) is 0. The lowest BCUT2D eigenvalue weighted by molar-refractivity contribution is 1.35. The van der Waals surface area contributed by atoms with Gasteiger partial charge in [0.2, 0.25) is 0 Å². The van der Waals surface area contributed by atoms with Gasteiger partial charge in [-0.05, 0) is 91.7 Å². The summed E-state index contributed by atoms with van der Waals surface area (Å²) in [4.78, 5) is 0. The number of rotatable bonds is 4. The first kappa shape index (κ1) is 26.1. The Hall–Kier alpha value is -6.18. The van der Waals surface area contributed by atoms with E-state index in [1.165, 1.54) is 93.4 Å². The van der Waals surface area contributed by atoms with E-state index in [0.717, 1.165) is 0 Å². The summed E-state index contributed by atoms with van der Waals surface area (Å²) in [5.41, 5.74) is 13.6. The normalized spacial score (nSPS) is 11.8. The molecule has 0 atom stereocenters. The Labute approximate surface area is 272 Å². The fourth-order valence-corrected chi connectivity index (χ4v) is 7.76.